The summed E-state index contributed by atoms with van der Waals surface area (Å²) in [5.74, 6) is 2.43. The van der Waals surface area contributed by atoms with Gasteiger partial charge in [-0.15, -0.1) is 0 Å². The first-order valence-corrected chi connectivity index (χ1v) is 6.54. The van der Waals surface area contributed by atoms with Crippen molar-refractivity contribution in [1.82, 2.24) is 0 Å². The van der Waals surface area contributed by atoms with Gasteiger partial charge in [0.1, 0.15) is 30.5 Å². The van der Waals surface area contributed by atoms with Crippen LogP contribution in [0, 0.1) is 0 Å². The third kappa shape index (κ3) is 2.56. The van der Waals surface area contributed by atoms with E-state index in [1.807, 2.05) is 42.5 Å². The smallest absolute Gasteiger partial charge is 0.127 e. The first-order chi connectivity index (χ1) is 9.76. The Balaban J connectivity index is 1.69. The predicted molar refractivity (Wildman–Crippen MR) is 76.2 cm³/mol. The molecule has 0 aliphatic carbocycles. The lowest BCUT2D eigenvalue weighted by Crippen LogP contribution is -2.10. The first-order valence-electron chi connectivity index (χ1n) is 6.54. The molecule has 0 saturated heterocycles. The second-order valence-electron chi connectivity index (χ2n) is 4.76. The topological polar surface area (TPSA) is 53.7 Å². The van der Waals surface area contributed by atoms with E-state index in [1.54, 1.807) is 7.11 Å². The van der Waals surface area contributed by atoms with E-state index >= 15 is 0 Å². The molecule has 0 amide bonds. The quantitative estimate of drug-likeness (QED) is 0.929. The summed E-state index contributed by atoms with van der Waals surface area (Å²) in [7, 11) is 1.65. The van der Waals surface area contributed by atoms with Gasteiger partial charge < -0.3 is 19.9 Å². The molecule has 1 aliphatic rings. The summed E-state index contributed by atoms with van der Waals surface area (Å²) in [6.07, 6.45) is 0. The van der Waals surface area contributed by atoms with Crippen LogP contribution in [0.25, 0.3) is 0 Å². The van der Waals surface area contributed by atoms with E-state index in [9.17, 15) is 0 Å². The van der Waals surface area contributed by atoms with Crippen molar-refractivity contribution in [2.75, 3.05) is 13.7 Å². The summed E-state index contributed by atoms with van der Waals surface area (Å²) >= 11 is 0. The van der Waals surface area contributed by atoms with Gasteiger partial charge in [0.25, 0.3) is 0 Å². The second-order valence-corrected chi connectivity index (χ2v) is 4.76. The number of nitrogens with two attached hydrogens (primary N) is 1. The Morgan fingerprint density at radius 1 is 1.20 bits per heavy atom. The maximum absolute atomic E-state index is 5.91. The largest absolute Gasteiger partial charge is 0.497 e. The Bertz CT molecular complexity index is 612. The summed E-state index contributed by atoms with van der Waals surface area (Å²) in [6, 6.07) is 13.6. The number of methoxy groups -OCH3 is 1. The van der Waals surface area contributed by atoms with Crippen LogP contribution in [0.1, 0.15) is 17.2 Å². The van der Waals surface area contributed by atoms with Gasteiger partial charge in [-0.05, 0) is 29.8 Å². The maximum atomic E-state index is 5.91. The number of rotatable bonds is 4. The molecule has 4 nitrogen and oxygen atoms in total. The van der Waals surface area contributed by atoms with Gasteiger partial charge in [-0.3, -0.25) is 0 Å². The normalized spacial score (nSPS) is 16.4. The number of hydrogen-bond donors (Lipinski definition) is 1. The molecular weight excluding hydrogens is 254 g/mol. The Kier molecular flexibility index (Phi) is 3.48. The van der Waals surface area contributed by atoms with Crippen LogP contribution in [-0.2, 0) is 6.61 Å². The Morgan fingerprint density at radius 2 is 2.10 bits per heavy atom. The van der Waals surface area contributed by atoms with Crippen LogP contribution in [0.2, 0.25) is 0 Å². The molecule has 0 saturated carbocycles. The zero-order chi connectivity index (χ0) is 13.9. The average Bonchev–Trinajstić information content (AvgIpc) is 2.86. The van der Waals surface area contributed by atoms with Crippen LogP contribution in [0.4, 0.5) is 0 Å². The molecule has 1 heterocycles. The van der Waals surface area contributed by atoms with E-state index < -0.39 is 0 Å². The van der Waals surface area contributed by atoms with Gasteiger partial charge >= 0.3 is 0 Å². The van der Waals surface area contributed by atoms with Crippen molar-refractivity contribution in [2.45, 2.75) is 12.6 Å². The van der Waals surface area contributed by atoms with Crippen LogP contribution in [0.15, 0.2) is 42.5 Å². The summed E-state index contributed by atoms with van der Waals surface area (Å²) in [5.41, 5.74) is 8.01. The SMILES string of the molecule is COc1cccc(COc2ccc3c(c2)OCC3N)c1. The van der Waals surface area contributed by atoms with Crippen LogP contribution in [0.5, 0.6) is 17.2 Å². The molecule has 3 rings (SSSR count). The summed E-state index contributed by atoms with van der Waals surface area (Å²) < 4.78 is 16.5. The van der Waals surface area contributed by atoms with Gasteiger partial charge in [0.15, 0.2) is 0 Å². The van der Waals surface area contributed by atoms with E-state index in [1.165, 1.54) is 0 Å². The molecule has 4 heteroatoms. The van der Waals surface area contributed by atoms with Crippen molar-refractivity contribution < 1.29 is 14.2 Å². The van der Waals surface area contributed by atoms with Gasteiger partial charge in [-0.25, -0.2) is 0 Å². The molecular formula is C16H17NO3. The van der Waals surface area contributed by atoms with E-state index in [0.717, 1.165) is 28.4 Å². The minimum absolute atomic E-state index is 0.0302. The summed E-state index contributed by atoms with van der Waals surface area (Å²) in [6.45, 7) is 1.02. The second kappa shape index (κ2) is 5.43. The van der Waals surface area contributed by atoms with Crippen molar-refractivity contribution in [3.8, 4) is 17.2 Å². The molecule has 0 radical (unpaired) electrons. The molecule has 1 atom stereocenters. The van der Waals surface area contributed by atoms with Gasteiger partial charge in [-0.2, -0.15) is 0 Å². The third-order valence-corrected chi connectivity index (χ3v) is 3.34. The predicted octanol–water partition coefficient (Wildman–Crippen LogP) is 2.67. The van der Waals surface area contributed by atoms with Crippen molar-refractivity contribution in [2.24, 2.45) is 5.73 Å². The molecule has 20 heavy (non-hydrogen) atoms. The van der Waals surface area contributed by atoms with Gasteiger partial charge in [0.05, 0.1) is 13.2 Å². The van der Waals surface area contributed by atoms with Crippen LogP contribution in [0.3, 0.4) is 0 Å². The Labute approximate surface area is 118 Å². The molecule has 104 valence electrons. The molecule has 0 aromatic heterocycles. The molecule has 1 aliphatic heterocycles. The van der Waals surface area contributed by atoms with Crippen molar-refractivity contribution in [1.29, 1.82) is 0 Å². The highest BCUT2D eigenvalue weighted by atomic mass is 16.5. The van der Waals surface area contributed by atoms with Gasteiger partial charge in [-0.1, -0.05) is 12.1 Å². The zero-order valence-corrected chi connectivity index (χ0v) is 11.3. The standard InChI is InChI=1S/C16H17NO3/c1-18-12-4-2-3-11(7-12)9-19-13-5-6-14-15(17)10-20-16(14)8-13/h2-8,15H,9-10,17H2,1H3. The highest BCUT2D eigenvalue weighted by Crippen LogP contribution is 2.34. The third-order valence-electron chi connectivity index (χ3n) is 3.34. The van der Waals surface area contributed by atoms with Crippen molar-refractivity contribution in [3.05, 3.63) is 53.6 Å². The number of fused-ring (bicyclic) bond motifs is 1. The van der Waals surface area contributed by atoms with Crippen LogP contribution in [-0.4, -0.2) is 13.7 Å². The average molecular weight is 271 g/mol. The van der Waals surface area contributed by atoms with Crippen molar-refractivity contribution >= 4 is 0 Å². The fourth-order valence-electron chi connectivity index (χ4n) is 2.23. The fraction of sp³-hybridized carbons (Fsp3) is 0.250. The first kappa shape index (κ1) is 12.8. The Hall–Kier alpha value is -2.20. The fourth-order valence-corrected chi connectivity index (χ4v) is 2.23. The molecule has 0 bridgehead atoms. The summed E-state index contributed by atoms with van der Waals surface area (Å²) in [4.78, 5) is 0. The van der Waals surface area contributed by atoms with E-state index in [2.05, 4.69) is 0 Å². The van der Waals surface area contributed by atoms with E-state index in [4.69, 9.17) is 19.9 Å². The summed E-state index contributed by atoms with van der Waals surface area (Å²) in [5, 5.41) is 0. The van der Waals surface area contributed by atoms with E-state index in [0.29, 0.717) is 13.2 Å². The maximum Gasteiger partial charge on any atom is 0.127 e. The number of hydrogen-bond acceptors (Lipinski definition) is 4. The lowest BCUT2D eigenvalue weighted by Gasteiger charge is -2.09. The minimum atomic E-state index is -0.0302. The molecule has 2 N–H and O–H groups in total. The lowest BCUT2D eigenvalue weighted by atomic mass is 10.1. The molecule has 0 spiro atoms. The lowest BCUT2D eigenvalue weighted by molar-refractivity contribution is 0.300. The van der Waals surface area contributed by atoms with Crippen LogP contribution >= 0.6 is 0 Å². The van der Waals surface area contributed by atoms with E-state index in [-0.39, 0.29) is 6.04 Å². The van der Waals surface area contributed by atoms with Crippen molar-refractivity contribution in [3.63, 3.8) is 0 Å². The van der Waals surface area contributed by atoms with Crippen LogP contribution < -0.4 is 19.9 Å². The van der Waals surface area contributed by atoms with Gasteiger partial charge in [0, 0.05) is 11.6 Å². The molecule has 0 fully saturated rings. The number of ether oxygens (including phenoxy) is 3. The molecule has 2 aromatic carbocycles. The zero-order valence-electron chi connectivity index (χ0n) is 11.3. The van der Waals surface area contributed by atoms with Gasteiger partial charge in [0.2, 0.25) is 0 Å². The minimum Gasteiger partial charge on any atom is -0.497 e. The highest BCUT2D eigenvalue weighted by molar-refractivity contribution is 5.44. The number of benzene rings is 2. The molecule has 2 aromatic rings. The monoisotopic (exact) mass is 271 g/mol. The highest BCUT2D eigenvalue weighted by Gasteiger charge is 2.20. The Morgan fingerprint density at radius 3 is 2.95 bits per heavy atom. The molecule has 1 unspecified atom stereocenters.